The van der Waals surface area contributed by atoms with Crippen molar-refractivity contribution >= 4 is 23.3 Å². The normalized spacial score (nSPS) is 27.8. The number of nitrogens with one attached hydrogen (secondary N) is 1. The Bertz CT molecular complexity index is 992. The van der Waals surface area contributed by atoms with Gasteiger partial charge in [-0.15, -0.1) is 0 Å². The largest absolute Gasteiger partial charge is 0.369 e. The number of likely N-dealkylation sites (N-methyl/N-ethyl adjacent to an activating group) is 1. The number of carbonyl (C=O) groups excluding carboxylic acids is 3. The Balaban J connectivity index is 1.30. The van der Waals surface area contributed by atoms with Gasteiger partial charge in [0.1, 0.15) is 18.7 Å². The first-order chi connectivity index (χ1) is 17.1. The molecular weight excluding hydrogens is 456 g/mol. The van der Waals surface area contributed by atoms with Crippen molar-refractivity contribution in [3.63, 3.8) is 0 Å². The molecular formula is C28H40N4O4. The van der Waals surface area contributed by atoms with Crippen molar-refractivity contribution in [2.24, 2.45) is 17.3 Å². The molecule has 0 spiro atoms. The second-order valence-electron chi connectivity index (χ2n) is 12.3. The number of nitrogens with zero attached hydrogens (tertiary/aromatic N) is 3. The van der Waals surface area contributed by atoms with Gasteiger partial charge < -0.3 is 24.8 Å². The standard InChI is InChI=1S/C28H40N4O4/c1-28(2,3)15-22(27(35)32-16-21(18-5-6-18)25-24(32)23(33)17-36-25)29-26(34)19-7-9-20(10-8-19)31-13-11-30(4)12-14-31/h7-10,18,21-22,24-25H,5-6,11-17H2,1-4H3,(H,29,34)/t21-,22+,24-,25-/m1/s1. The Labute approximate surface area is 214 Å². The highest BCUT2D eigenvalue weighted by Crippen LogP contribution is 2.46. The van der Waals surface area contributed by atoms with E-state index < -0.39 is 12.1 Å². The van der Waals surface area contributed by atoms with E-state index >= 15 is 0 Å². The number of amides is 2. The number of ketones is 1. The third-order valence-electron chi connectivity index (χ3n) is 8.15. The SMILES string of the molecule is CN1CCN(c2ccc(C(=O)N[C@@H](CC(C)(C)C)C(=O)N3C[C@H](C4CC4)[C@H]4OCC(=O)[C@H]43)cc2)CC1. The van der Waals surface area contributed by atoms with Crippen LogP contribution in [-0.2, 0) is 14.3 Å². The van der Waals surface area contributed by atoms with E-state index in [1.54, 1.807) is 4.90 Å². The number of rotatable bonds is 6. The molecule has 3 heterocycles. The van der Waals surface area contributed by atoms with Crippen LogP contribution in [0.4, 0.5) is 5.69 Å². The average molecular weight is 497 g/mol. The van der Waals surface area contributed by atoms with Crippen molar-refractivity contribution in [1.29, 1.82) is 0 Å². The summed E-state index contributed by atoms with van der Waals surface area (Å²) in [6.45, 7) is 10.8. The summed E-state index contributed by atoms with van der Waals surface area (Å²) < 4.78 is 5.84. The van der Waals surface area contributed by atoms with Crippen molar-refractivity contribution in [1.82, 2.24) is 15.1 Å². The van der Waals surface area contributed by atoms with Crippen molar-refractivity contribution in [2.45, 2.75) is 58.2 Å². The molecule has 4 aliphatic rings. The molecule has 36 heavy (non-hydrogen) atoms. The smallest absolute Gasteiger partial charge is 0.251 e. The quantitative estimate of drug-likeness (QED) is 0.650. The van der Waals surface area contributed by atoms with Gasteiger partial charge in [0.05, 0.1) is 6.10 Å². The summed E-state index contributed by atoms with van der Waals surface area (Å²) in [4.78, 5) is 46.2. The van der Waals surface area contributed by atoms with E-state index in [4.69, 9.17) is 4.74 Å². The molecule has 3 aliphatic heterocycles. The third kappa shape index (κ3) is 5.30. The summed E-state index contributed by atoms with van der Waals surface area (Å²) in [5.74, 6) is 0.321. The van der Waals surface area contributed by atoms with Gasteiger partial charge in [-0.2, -0.15) is 0 Å². The third-order valence-corrected chi connectivity index (χ3v) is 8.15. The Morgan fingerprint density at radius 1 is 1.08 bits per heavy atom. The number of fused-ring (bicyclic) bond motifs is 1. The molecule has 5 rings (SSSR count). The molecule has 8 heteroatoms. The van der Waals surface area contributed by atoms with E-state index in [0.29, 0.717) is 24.4 Å². The molecule has 4 fully saturated rings. The lowest BCUT2D eigenvalue weighted by Crippen LogP contribution is -2.53. The highest BCUT2D eigenvalue weighted by Gasteiger charge is 2.56. The van der Waals surface area contributed by atoms with Crippen LogP contribution in [0.2, 0.25) is 0 Å². The first kappa shape index (κ1) is 25.2. The van der Waals surface area contributed by atoms with E-state index in [9.17, 15) is 14.4 Å². The summed E-state index contributed by atoms with van der Waals surface area (Å²) in [6.07, 6.45) is 2.58. The zero-order valence-electron chi connectivity index (χ0n) is 22.0. The van der Waals surface area contributed by atoms with Gasteiger partial charge in [0.15, 0.2) is 5.78 Å². The molecule has 1 N–H and O–H groups in total. The summed E-state index contributed by atoms with van der Waals surface area (Å²) in [6, 6.07) is 6.45. The van der Waals surface area contributed by atoms with Gasteiger partial charge >= 0.3 is 0 Å². The second-order valence-corrected chi connectivity index (χ2v) is 12.3. The molecule has 1 saturated carbocycles. The lowest BCUT2D eigenvalue weighted by molar-refractivity contribution is -0.138. The molecule has 2 amide bonds. The van der Waals surface area contributed by atoms with Crippen LogP contribution in [-0.4, -0.2) is 92.0 Å². The van der Waals surface area contributed by atoms with Crippen LogP contribution >= 0.6 is 0 Å². The molecule has 1 aromatic carbocycles. The topological polar surface area (TPSA) is 82.2 Å². The minimum Gasteiger partial charge on any atom is -0.369 e. The zero-order valence-corrected chi connectivity index (χ0v) is 22.0. The van der Waals surface area contributed by atoms with Gasteiger partial charge in [-0.1, -0.05) is 20.8 Å². The number of ether oxygens (including phenoxy) is 1. The molecule has 0 radical (unpaired) electrons. The van der Waals surface area contributed by atoms with Gasteiger partial charge in [-0.25, -0.2) is 0 Å². The minimum atomic E-state index is -0.693. The van der Waals surface area contributed by atoms with Crippen molar-refractivity contribution in [3.8, 4) is 0 Å². The molecule has 1 aromatic rings. The van der Waals surface area contributed by atoms with Crippen molar-refractivity contribution < 1.29 is 19.1 Å². The first-order valence-corrected chi connectivity index (χ1v) is 13.4. The van der Waals surface area contributed by atoms with Gasteiger partial charge in [0.2, 0.25) is 5.91 Å². The number of carbonyl (C=O) groups is 3. The van der Waals surface area contributed by atoms with E-state index in [1.807, 2.05) is 24.3 Å². The van der Waals surface area contributed by atoms with Crippen molar-refractivity contribution in [3.05, 3.63) is 29.8 Å². The lowest BCUT2D eigenvalue weighted by atomic mass is 9.87. The summed E-state index contributed by atoms with van der Waals surface area (Å²) in [5, 5.41) is 3.02. The van der Waals surface area contributed by atoms with Crippen LogP contribution in [0.15, 0.2) is 24.3 Å². The number of anilines is 1. The summed E-state index contributed by atoms with van der Waals surface area (Å²) >= 11 is 0. The number of hydrogen-bond donors (Lipinski definition) is 1. The maximum atomic E-state index is 13.8. The fourth-order valence-corrected chi connectivity index (χ4v) is 6.00. The lowest BCUT2D eigenvalue weighted by Gasteiger charge is -2.34. The van der Waals surface area contributed by atoms with Crippen LogP contribution in [0, 0.1) is 17.3 Å². The van der Waals surface area contributed by atoms with Crippen LogP contribution in [0.3, 0.4) is 0 Å². The van der Waals surface area contributed by atoms with Crippen molar-refractivity contribution in [2.75, 3.05) is 51.3 Å². The molecule has 8 nitrogen and oxygen atoms in total. The second kappa shape index (κ2) is 9.78. The van der Waals surface area contributed by atoms with E-state index in [-0.39, 0.29) is 41.6 Å². The Kier molecular flexibility index (Phi) is 6.85. The number of hydrogen-bond acceptors (Lipinski definition) is 6. The molecule has 3 saturated heterocycles. The molecule has 1 aliphatic carbocycles. The Hall–Kier alpha value is -2.45. The van der Waals surface area contributed by atoms with E-state index in [1.165, 1.54) is 0 Å². The fraction of sp³-hybridized carbons (Fsp3) is 0.679. The van der Waals surface area contributed by atoms with Crippen LogP contribution in [0.25, 0.3) is 0 Å². The number of piperazine rings is 1. The number of benzene rings is 1. The van der Waals surface area contributed by atoms with Crippen LogP contribution in [0.1, 0.15) is 50.4 Å². The highest BCUT2D eigenvalue weighted by atomic mass is 16.5. The molecule has 0 bridgehead atoms. The minimum absolute atomic E-state index is 0.0168. The Morgan fingerprint density at radius 3 is 2.36 bits per heavy atom. The Morgan fingerprint density at radius 2 is 1.75 bits per heavy atom. The van der Waals surface area contributed by atoms with Gasteiger partial charge in [0.25, 0.3) is 5.91 Å². The summed E-state index contributed by atoms with van der Waals surface area (Å²) in [7, 11) is 2.13. The summed E-state index contributed by atoms with van der Waals surface area (Å²) in [5.41, 5.74) is 1.47. The zero-order chi connectivity index (χ0) is 25.6. The molecule has 196 valence electrons. The highest BCUT2D eigenvalue weighted by molar-refractivity contribution is 5.99. The molecule has 4 atom stereocenters. The monoisotopic (exact) mass is 496 g/mol. The first-order valence-electron chi connectivity index (χ1n) is 13.4. The van der Waals surface area contributed by atoms with Crippen LogP contribution in [0.5, 0.6) is 0 Å². The van der Waals surface area contributed by atoms with Gasteiger partial charge in [-0.05, 0) is 61.9 Å². The molecule has 0 unspecified atom stereocenters. The van der Waals surface area contributed by atoms with Crippen LogP contribution < -0.4 is 10.2 Å². The predicted molar refractivity (Wildman–Crippen MR) is 138 cm³/mol. The van der Waals surface area contributed by atoms with E-state index in [2.05, 4.69) is 42.9 Å². The fourth-order valence-electron chi connectivity index (χ4n) is 6.00. The number of likely N-dealkylation sites (tertiary alicyclic amines) is 1. The average Bonchev–Trinajstić information content (AvgIpc) is 3.51. The maximum absolute atomic E-state index is 13.8. The van der Waals surface area contributed by atoms with Gasteiger partial charge in [-0.3, -0.25) is 14.4 Å². The number of Topliss-reactive ketones (excluding diaryl/α,β-unsaturated/α-hetero) is 1. The predicted octanol–water partition coefficient (Wildman–Crippen LogP) is 2.18. The van der Waals surface area contributed by atoms with Gasteiger partial charge in [0, 0.05) is 49.9 Å². The maximum Gasteiger partial charge on any atom is 0.251 e. The van der Waals surface area contributed by atoms with E-state index in [0.717, 1.165) is 44.7 Å². The molecule has 0 aromatic heterocycles.